The lowest BCUT2D eigenvalue weighted by molar-refractivity contribution is 0.371. The first-order valence-electron chi connectivity index (χ1n) is 8.26. The van der Waals surface area contributed by atoms with Gasteiger partial charge in [-0.15, -0.1) is 0 Å². The van der Waals surface area contributed by atoms with Crippen LogP contribution in [0.5, 0.6) is 0 Å². The SMILES string of the molecule is CCNCc1cc(CC)nc(N2CCCC2CN(C)C)c1. The molecule has 4 heteroatoms. The summed E-state index contributed by atoms with van der Waals surface area (Å²) in [6.07, 6.45) is 3.55. The van der Waals surface area contributed by atoms with Crippen LogP contribution in [0, 0.1) is 0 Å². The number of pyridine rings is 1. The van der Waals surface area contributed by atoms with Gasteiger partial charge in [-0.3, -0.25) is 0 Å². The monoisotopic (exact) mass is 290 g/mol. The van der Waals surface area contributed by atoms with Crippen LogP contribution >= 0.6 is 0 Å². The minimum Gasteiger partial charge on any atom is -0.352 e. The second-order valence-corrected chi connectivity index (χ2v) is 6.21. The summed E-state index contributed by atoms with van der Waals surface area (Å²) in [5.41, 5.74) is 2.56. The van der Waals surface area contributed by atoms with Crippen LogP contribution in [0.3, 0.4) is 0 Å². The lowest BCUT2D eigenvalue weighted by atomic mass is 10.1. The molecule has 0 radical (unpaired) electrons. The minimum atomic E-state index is 0.603. The Hall–Kier alpha value is -1.13. The van der Waals surface area contributed by atoms with Gasteiger partial charge in [-0.2, -0.15) is 0 Å². The fourth-order valence-corrected chi connectivity index (χ4v) is 3.08. The van der Waals surface area contributed by atoms with Crippen LogP contribution in [0.15, 0.2) is 12.1 Å². The summed E-state index contributed by atoms with van der Waals surface area (Å²) in [5, 5.41) is 3.42. The highest BCUT2D eigenvalue weighted by Crippen LogP contribution is 2.25. The van der Waals surface area contributed by atoms with Crippen LogP contribution in [0.2, 0.25) is 0 Å². The highest BCUT2D eigenvalue weighted by atomic mass is 15.3. The normalized spacial score (nSPS) is 18.7. The summed E-state index contributed by atoms with van der Waals surface area (Å²) in [6, 6.07) is 5.12. The zero-order valence-electron chi connectivity index (χ0n) is 14.0. The Bertz CT molecular complexity index is 444. The van der Waals surface area contributed by atoms with Crippen molar-refractivity contribution in [2.24, 2.45) is 0 Å². The highest BCUT2D eigenvalue weighted by molar-refractivity contribution is 5.45. The van der Waals surface area contributed by atoms with Crippen molar-refractivity contribution in [3.05, 3.63) is 23.4 Å². The third kappa shape index (κ3) is 4.42. The lowest BCUT2D eigenvalue weighted by Crippen LogP contribution is -2.38. The Morgan fingerprint density at radius 2 is 2.14 bits per heavy atom. The molecule has 1 atom stereocenters. The number of nitrogens with zero attached hydrogens (tertiary/aromatic N) is 3. The molecule has 0 amide bonds. The van der Waals surface area contributed by atoms with Crippen LogP contribution in [0.25, 0.3) is 0 Å². The molecule has 0 aromatic carbocycles. The van der Waals surface area contributed by atoms with Crippen LogP contribution in [-0.2, 0) is 13.0 Å². The smallest absolute Gasteiger partial charge is 0.129 e. The fraction of sp³-hybridized carbons (Fsp3) is 0.706. The number of hydrogen-bond acceptors (Lipinski definition) is 4. The molecule has 0 bridgehead atoms. The quantitative estimate of drug-likeness (QED) is 0.835. The maximum atomic E-state index is 4.88. The summed E-state index contributed by atoms with van der Waals surface area (Å²) in [6.45, 7) is 8.53. The Morgan fingerprint density at radius 3 is 2.81 bits per heavy atom. The highest BCUT2D eigenvalue weighted by Gasteiger charge is 2.26. The molecule has 1 N–H and O–H groups in total. The van der Waals surface area contributed by atoms with Crippen LogP contribution in [-0.4, -0.2) is 49.7 Å². The molecule has 1 saturated heterocycles. The molecule has 1 aromatic heterocycles. The average Bonchev–Trinajstić information content (AvgIpc) is 2.92. The minimum absolute atomic E-state index is 0.603. The van der Waals surface area contributed by atoms with Crippen molar-refractivity contribution in [2.45, 2.75) is 45.7 Å². The molecule has 0 spiro atoms. The number of aromatic nitrogens is 1. The van der Waals surface area contributed by atoms with Gasteiger partial charge in [-0.1, -0.05) is 13.8 Å². The molecule has 2 rings (SSSR count). The number of likely N-dealkylation sites (N-methyl/N-ethyl adjacent to an activating group) is 1. The van der Waals surface area contributed by atoms with E-state index in [1.165, 1.54) is 29.9 Å². The molecule has 21 heavy (non-hydrogen) atoms. The molecule has 4 nitrogen and oxygen atoms in total. The number of aryl methyl sites for hydroxylation is 1. The van der Waals surface area contributed by atoms with E-state index in [2.05, 4.69) is 55.2 Å². The molecule has 0 saturated carbocycles. The van der Waals surface area contributed by atoms with E-state index in [0.717, 1.165) is 32.6 Å². The topological polar surface area (TPSA) is 31.4 Å². The molecule has 1 unspecified atom stereocenters. The van der Waals surface area contributed by atoms with Gasteiger partial charge < -0.3 is 15.1 Å². The molecule has 2 heterocycles. The first kappa shape index (κ1) is 16.2. The third-order valence-corrected chi connectivity index (χ3v) is 4.11. The lowest BCUT2D eigenvalue weighted by Gasteiger charge is -2.28. The molecule has 1 aliphatic rings. The number of rotatable bonds is 7. The molecule has 1 fully saturated rings. The van der Waals surface area contributed by atoms with E-state index in [9.17, 15) is 0 Å². The zero-order valence-corrected chi connectivity index (χ0v) is 14.0. The summed E-state index contributed by atoms with van der Waals surface area (Å²) < 4.78 is 0. The predicted octanol–water partition coefficient (Wildman–Crippen LogP) is 2.28. The standard InChI is InChI=1S/C17H30N4/c1-5-15-10-14(12-18-6-2)11-17(19-15)21-9-7-8-16(21)13-20(3)4/h10-11,16,18H,5-9,12-13H2,1-4H3. The van der Waals surface area contributed by atoms with Crippen molar-refractivity contribution < 1.29 is 0 Å². The van der Waals surface area contributed by atoms with Gasteiger partial charge in [0, 0.05) is 31.4 Å². The van der Waals surface area contributed by atoms with Crippen molar-refractivity contribution in [3.8, 4) is 0 Å². The van der Waals surface area contributed by atoms with Crippen LogP contribution in [0.1, 0.15) is 37.9 Å². The summed E-state index contributed by atoms with van der Waals surface area (Å²) in [5.74, 6) is 1.17. The van der Waals surface area contributed by atoms with E-state index in [0.29, 0.717) is 6.04 Å². The van der Waals surface area contributed by atoms with Crippen LogP contribution < -0.4 is 10.2 Å². The van der Waals surface area contributed by atoms with Gasteiger partial charge in [-0.25, -0.2) is 4.98 Å². The van der Waals surface area contributed by atoms with Gasteiger partial charge in [0.2, 0.25) is 0 Å². The van der Waals surface area contributed by atoms with Crippen molar-refractivity contribution in [1.82, 2.24) is 15.2 Å². The first-order valence-corrected chi connectivity index (χ1v) is 8.26. The second-order valence-electron chi connectivity index (χ2n) is 6.21. The van der Waals surface area contributed by atoms with Crippen molar-refractivity contribution in [3.63, 3.8) is 0 Å². The van der Waals surface area contributed by atoms with Crippen molar-refractivity contribution in [2.75, 3.05) is 38.6 Å². The van der Waals surface area contributed by atoms with Gasteiger partial charge in [0.1, 0.15) is 5.82 Å². The zero-order chi connectivity index (χ0) is 15.2. The van der Waals surface area contributed by atoms with E-state index in [1.807, 2.05) is 0 Å². The molecule has 1 aromatic rings. The Morgan fingerprint density at radius 1 is 1.33 bits per heavy atom. The number of hydrogen-bond donors (Lipinski definition) is 1. The molecular formula is C17H30N4. The van der Waals surface area contributed by atoms with Crippen LogP contribution in [0.4, 0.5) is 5.82 Å². The maximum absolute atomic E-state index is 4.88. The largest absolute Gasteiger partial charge is 0.352 e. The van der Waals surface area contributed by atoms with Gasteiger partial charge >= 0.3 is 0 Å². The maximum Gasteiger partial charge on any atom is 0.129 e. The molecule has 118 valence electrons. The first-order chi connectivity index (χ1) is 10.1. The average molecular weight is 290 g/mol. The van der Waals surface area contributed by atoms with E-state index in [1.54, 1.807) is 0 Å². The second kappa shape index (κ2) is 7.76. The predicted molar refractivity (Wildman–Crippen MR) is 89.9 cm³/mol. The van der Waals surface area contributed by atoms with E-state index in [4.69, 9.17) is 4.98 Å². The number of nitrogens with one attached hydrogen (secondary N) is 1. The third-order valence-electron chi connectivity index (χ3n) is 4.11. The fourth-order valence-electron chi connectivity index (χ4n) is 3.08. The van der Waals surface area contributed by atoms with Crippen molar-refractivity contribution >= 4 is 5.82 Å². The molecule has 0 aliphatic carbocycles. The Labute approximate surface area is 129 Å². The Kier molecular flexibility index (Phi) is 6.00. The van der Waals surface area contributed by atoms with Gasteiger partial charge in [0.15, 0.2) is 0 Å². The molecule has 1 aliphatic heterocycles. The van der Waals surface area contributed by atoms with Gasteiger partial charge in [-0.05, 0) is 57.6 Å². The summed E-state index contributed by atoms with van der Waals surface area (Å²) in [7, 11) is 4.31. The van der Waals surface area contributed by atoms with E-state index < -0.39 is 0 Å². The Balaban J connectivity index is 2.20. The van der Waals surface area contributed by atoms with Gasteiger partial charge in [0.25, 0.3) is 0 Å². The van der Waals surface area contributed by atoms with E-state index in [-0.39, 0.29) is 0 Å². The summed E-state index contributed by atoms with van der Waals surface area (Å²) in [4.78, 5) is 9.67. The number of anilines is 1. The summed E-state index contributed by atoms with van der Waals surface area (Å²) >= 11 is 0. The molecular weight excluding hydrogens is 260 g/mol. The van der Waals surface area contributed by atoms with E-state index >= 15 is 0 Å². The van der Waals surface area contributed by atoms with Gasteiger partial charge in [0.05, 0.1) is 0 Å². The van der Waals surface area contributed by atoms with Crippen molar-refractivity contribution in [1.29, 1.82) is 0 Å².